The van der Waals surface area contributed by atoms with Crippen LogP contribution < -0.4 is 0 Å². The maximum atomic E-state index is 13.2. The van der Waals surface area contributed by atoms with E-state index in [1.807, 2.05) is 0 Å². The summed E-state index contributed by atoms with van der Waals surface area (Å²) >= 11 is 0. The maximum absolute atomic E-state index is 13.2. The molecule has 389 valence electrons. The van der Waals surface area contributed by atoms with E-state index in [1.165, 1.54) is 251 Å². The minimum Gasteiger partial charge on any atom is -0.396 e. The third-order valence-electron chi connectivity index (χ3n) is 13.5. The average molecular weight is 1000 g/mol. The van der Waals surface area contributed by atoms with Gasteiger partial charge < -0.3 is 20.0 Å². The van der Waals surface area contributed by atoms with Gasteiger partial charge in [0.2, 0.25) is 5.91 Å². The fraction of sp³-hybridized carbons (Fsp3) is 0.982. The molecule has 0 aromatic carbocycles. The summed E-state index contributed by atoms with van der Waals surface area (Å²) in [5, 5.41) is 26.7. The number of unbranched alkanes of at least 4 members (excludes halogenated alkanes) is 33. The molecule has 0 aliphatic carbocycles. The molecule has 1 radical (unpaired) electrons. The van der Waals surface area contributed by atoms with Gasteiger partial charge in [-0.05, 0) is 96.2 Å². The zero-order chi connectivity index (χ0) is 47.1. The van der Waals surface area contributed by atoms with Gasteiger partial charge in [0.1, 0.15) is 0 Å². The van der Waals surface area contributed by atoms with Gasteiger partial charge in [0, 0.05) is 65.4 Å². The first kappa shape index (κ1) is 69.6. The van der Waals surface area contributed by atoms with Gasteiger partial charge in [0.15, 0.2) is 0 Å². The predicted octanol–water partition coefficient (Wildman–Crippen LogP) is 17.0. The van der Waals surface area contributed by atoms with Crippen LogP contribution in [0, 0.1) is 5.92 Å². The van der Waals surface area contributed by atoms with E-state index in [0.717, 1.165) is 58.2 Å². The summed E-state index contributed by atoms with van der Waals surface area (Å²) in [4.78, 5) is 22.5. The van der Waals surface area contributed by atoms with Crippen molar-refractivity contribution in [3.05, 3.63) is 0 Å². The smallest absolute Gasteiger partial charge is 0.222 e. The van der Waals surface area contributed by atoms with E-state index >= 15 is 0 Å². The second kappa shape index (κ2) is 62.4. The summed E-state index contributed by atoms with van der Waals surface area (Å²) in [6, 6.07) is 0. The molecule has 7 nitrogen and oxygen atoms in total. The van der Waals surface area contributed by atoms with Crippen molar-refractivity contribution in [1.82, 2.24) is 9.80 Å². The Hall–Kier alpha value is 0.374. The third kappa shape index (κ3) is 56.8. The van der Waals surface area contributed by atoms with Gasteiger partial charge in [0.25, 0.3) is 0 Å². The third-order valence-corrected chi connectivity index (χ3v) is 13.5. The van der Waals surface area contributed by atoms with Crippen molar-refractivity contribution in [2.45, 2.75) is 304 Å². The first-order valence-corrected chi connectivity index (χ1v) is 29.0. The number of carbonyl (C=O) groups is 1. The molecule has 0 rings (SSSR count). The van der Waals surface area contributed by atoms with Crippen LogP contribution in [0.3, 0.4) is 0 Å². The van der Waals surface area contributed by atoms with Crippen LogP contribution in [0.15, 0.2) is 0 Å². The molecule has 0 fully saturated rings. The molecular formula is C57H118N2O5Y. The fourth-order valence-corrected chi connectivity index (χ4v) is 9.14. The van der Waals surface area contributed by atoms with Crippen molar-refractivity contribution in [1.29, 1.82) is 0 Å². The van der Waals surface area contributed by atoms with Gasteiger partial charge in [0.05, 0.1) is 6.61 Å². The van der Waals surface area contributed by atoms with Gasteiger partial charge in [-0.2, -0.15) is 0 Å². The standard InChI is InChI=1S/C41H84N2O3.C16H34O2.Y/c1-3-5-7-9-11-13-21-29-37-43(38-30-22-14-12-10-8-6-4-2)41(46)33-25-18-17-20-27-35-42(36-28-24-32-40-45)34-26-19-15-16-23-31-39-44;1-3-5-7-9-10-12-14-16(15-18-17)13-11-8-6-4-2;/h44-45H,3-40H2,1-2H3;16-17H,3-15H2,1-2H3;. The van der Waals surface area contributed by atoms with Crippen LogP contribution in [0.4, 0.5) is 0 Å². The summed E-state index contributed by atoms with van der Waals surface area (Å²) in [5.41, 5.74) is 0. The number of rotatable bonds is 53. The number of aliphatic hydroxyl groups excluding tert-OH is 2. The molecule has 0 aliphatic heterocycles. The second-order valence-corrected chi connectivity index (χ2v) is 19.9. The van der Waals surface area contributed by atoms with E-state index in [1.54, 1.807) is 0 Å². The summed E-state index contributed by atoms with van der Waals surface area (Å²) in [6.45, 7) is 15.7. The van der Waals surface area contributed by atoms with Crippen LogP contribution in [-0.2, 0) is 42.4 Å². The summed E-state index contributed by atoms with van der Waals surface area (Å²) in [6.07, 6.45) is 54.1. The van der Waals surface area contributed by atoms with Crippen LogP contribution in [0.1, 0.15) is 304 Å². The molecule has 1 atom stereocenters. The number of aliphatic hydroxyl groups is 2. The van der Waals surface area contributed by atoms with Crippen LogP contribution in [0.2, 0.25) is 0 Å². The normalized spacial score (nSPS) is 11.8. The van der Waals surface area contributed by atoms with E-state index < -0.39 is 0 Å². The van der Waals surface area contributed by atoms with Crippen LogP contribution in [-0.4, -0.2) is 83.7 Å². The van der Waals surface area contributed by atoms with Crippen molar-refractivity contribution < 1.29 is 57.9 Å². The Kier molecular flexibility index (Phi) is 66.8. The first-order chi connectivity index (χ1) is 31.5. The van der Waals surface area contributed by atoms with Crippen LogP contribution in [0.25, 0.3) is 0 Å². The molecule has 3 N–H and O–H groups in total. The number of nitrogens with zero attached hydrogens (tertiary/aromatic N) is 2. The van der Waals surface area contributed by atoms with E-state index in [-0.39, 0.29) is 32.7 Å². The monoisotopic (exact) mass is 1000 g/mol. The minimum atomic E-state index is 0. The Morgan fingerprint density at radius 1 is 0.385 bits per heavy atom. The molecule has 0 aliphatic rings. The Bertz CT molecular complexity index is 834. The molecule has 0 spiro atoms. The Morgan fingerprint density at radius 2 is 0.662 bits per heavy atom. The molecule has 0 saturated heterocycles. The molecule has 8 heteroatoms. The van der Waals surface area contributed by atoms with Crippen LogP contribution in [0.5, 0.6) is 0 Å². The number of carbonyl (C=O) groups excluding carboxylic acids is 1. The van der Waals surface area contributed by atoms with Crippen LogP contribution >= 0.6 is 0 Å². The summed E-state index contributed by atoms with van der Waals surface area (Å²) in [7, 11) is 0. The van der Waals surface area contributed by atoms with E-state index in [4.69, 9.17) is 15.5 Å². The molecule has 0 saturated carbocycles. The molecule has 65 heavy (non-hydrogen) atoms. The first-order valence-electron chi connectivity index (χ1n) is 29.0. The fourth-order valence-electron chi connectivity index (χ4n) is 9.14. The second-order valence-electron chi connectivity index (χ2n) is 19.9. The van der Waals surface area contributed by atoms with Crippen molar-refractivity contribution >= 4 is 5.91 Å². The molecule has 0 bridgehead atoms. The van der Waals surface area contributed by atoms with E-state index in [9.17, 15) is 4.79 Å². The SMILES string of the molecule is CCCCCCCCC(CCCCCC)COO.CCCCCCCCCCN(CCCCCCCCCC)C(=O)CCCCCCCN(CCCCCO)CCCCCCCCO.[Y]. The van der Waals surface area contributed by atoms with Gasteiger partial charge in [-0.1, -0.05) is 227 Å². The van der Waals surface area contributed by atoms with Crippen molar-refractivity contribution in [3.63, 3.8) is 0 Å². The molecular weight excluding hydrogens is 882 g/mol. The quantitative estimate of drug-likeness (QED) is 0.0319. The summed E-state index contributed by atoms with van der Waals surface area (Å²) in [5.74, 6) is 0.981. The van der Waals surface area contributed by atoms with Crippen molar-refractivity contribution in [2.24, 2.45) is 5.92 Å². The maximum Gasteiger partial charge on any atom is 0.222 e. The zero-order valence-corrected chi connectivity index (χ0v) is 47.6. The Labute approximate surface area is 433 Å². The number of hydrogen-bond donors (Lipinski definition) is 3. The summed E-state index contributed by atoms with van der Waals surface area (Å²) < 4.78 is 0. The molecule has 0 aromatic rings. The molecule has 1 amide bonds. The largest absolute Gasteiger partial charge is 0.396 e. The molecule has 1 unspecified atom stereocenters. The van der Waals surface area contributed by atoms with E-state index in [2.05, 4.69) is 42.4 Å². The van der Waals surface area contributed by atoms with Gasteiger partial charge in [-0.25, -0.2) is 4.89 Å². The predicted molar refractivity (Wildman–Crippen MR) is 280 cm³/mol. The molecule has 0 heterocycles. The average Bonchev–Trinajstić information content (AvgIpc) is 3.30. The topological polar surface area (TPSA) is 93.5 Å². The minimum absolute atomic E-state index is 0. The Balaban J connectivity index is -0.00000169. The van der Waals surface area contributed by atoms with Gasteiger partial charge in [-0.15, -0.1) is 0 Å². The Morgan fingerprint density at radius 3 is 1.02 bits per heavy atom. The van der Waals surface area contributed by atoms with Gasteiger partial charge >= 0.3 is 0 Å². The van der Waals surface area contributed by atoms with Crippen molar-refractivity contribution in [3.8, 4) is 0 Å². The molecule has 0 aromatic heterocycles. The zero-order valence-electron chi connectivity index (χ0n) is 44.8. The van der Waals surface area contributed by atoms with Gasteiger partial charge in [-0.3, -0.25) is 10.1 Å². The number of amides is 1. The van der Waals surface area contributed by atoms with E-state index in [0.29, 0.717) is 31.6 Å². The number of hydrogen-bond acceptors (Lipinski definition) is 6. The van der Waals surface area contributed by atoms with Crippen molar-refractivity contribution in [2.75, 3.05) is 52.5 Å².